The van der Waals surface area contributed by atoms with E-state index in [4.69, 9.17) is 0 Å². The molecule has 4 heteroatoms. The first-order valence-electron chi connectivity index (χ1n) is 7.14. The number of hydrogen-bond donors (Lipinski definition) is 1. The number of hydrogen-bond acceptors (Lipinski definition) is 3. The molecule has 0 aliphatic carbocycles. The summed E-state index contributed by atoms with van der Waals surface area (Å²) in [6, 6.07) is 2.16. The molecular formula is C15H25BrN2S. The van der Waals surface area contributed by atoms with Crippen LogP contribution in [-0.4, -0.2) is 29.1 Å². The molecule has 1 aliphatic rings. The summed E-state index contributed by atoms with van der Waals surface area (Å²) in [7, 11) is 0. The highest BCUT2D eigenvalue weighted by Crippen LogP contribution is 2.32. The molecule has 1 saturated heterocycles. The fourth-order valence-electron chi connectivity index (χ4n) is 2.63. The molecule has 1 aliphatic heterocycles. The number of nitrogens with zero attached hydrogens (tertiary/aromatic N) is 1. The van der Waals surface area contributed by atoms with Crippen molar-refractivity contribution >= 4 is 27.3 Å². The lowest BCUT2D eigenvalue weighted by Crippen LogP contribution is -2.67. The molecule has 1 fully saturated rings. The number of thiophene rings is 1. The van der Waals surface area contributed by atoms with Crippen molar-refractivity contribution in [3.8, 4) is 0 Å². The van der Waals surface area contributed by atoms with Crippen LogP contribution in [0.2, 0.25) is 0 Å². The van der Waals surface area contributed by atoms with Crippen molar-refractivity contribution < 1.29 is 0 Å². The molecule has 2 rings (SSSR count). The van der Waals surface area contributed by atoms with E-state index in [1.807, 2.05) is 11.3 Å². The van der Waals surface area contributed by atoms with Gasteiger partial charge in [0.05, 0.1) is 0 Å². The zero-order chi connectivity index (χ0) is 14.1. The Morgan fingerprint density at radius 3 is 2.63 bits per heavy atom. The Bertz CT molecular complexity index is 434. The van der Waals surface area contributed by atoms with Gasteiger partial charge >= 0.3 is 0 Å². The van der Waals surface area contributed by atoms with E-state index in [-0.39, 0.29) is 11.1 Å². The van der Waals surface area contributed by atoms with Gasteiger partial charge in [-0.15, -0.1) is 11.3 Å². The number of nitrogens with one attached hydrogen (secondary N) is 1. The molecular weight excluding hydrogens is 320 g/mol. The van der Waals surface area contributed by atoms with Crippen molar-refractivity contribution in [1.82, 2.24) is 10.2 Å². The monoisotopic (exact) mass is 344 g/mol. The highest BCUT2D eigenvalue weighted by Gasteiger charge is 2.41. The predicted octanol–water partition coefficient (Wildman–Crippen LogP) is 4.25. The van der Waals surface area contributed by atoms with Crippen LogP contribution in [0.25, 0.3) is 0 Å². The van der Waals surface area contributed by atoms with Crippen molar-refractivity contribution in [2.45, 2.75) is 58.2 Å². The van der Waals surface area contributed by atoms with E-state index in [2.05, 4.69) is 65.3 Å². The van der Waals surface area contributed by atoms with Crippen LogP contribution in [0.1, 0.15) is 45.4 Å². The number of piperazine rings is 1. The van der Waals surface area contributed by atoms with Crippen LogP contribution in [0, 0.1) is 0 Å². The van der Waals surface area contributed by atoms with Crippen LogP contribution in [0.3, 0.4) is 0 Å². The molecule has 108 valence electrons. The number of halogens is 1. The molecule has 1 N–H and O–H groups in total. The first kappa shape index (κ1) is 15.5. The molecule has 0 aromatic carbocycles. The maximum Gasteiger partial charge on any atom is 0.0346 e. The maximum atomic E-state index is 3.76. The highest BCUT2D eigenvalue weighted by molar-refractivity contribution is 9.10. The SMILES string of the molecule is CCC1(C)CN(Cc2sccc2Br)C(C)(CC)CN1. The molecule has 2 heterocycles. The average molecular weight is 345 g/mol. The summed E-state index contributed by atoms with van der Waals surface area (Å²) in [4.78, 5) is 4.11. The maximum absolute atomic E-state index is 3.76. The van der Waals surface area contributed by atoms with E-state index >= 15 is 0 Å². The van der Waals surface area contributed by atoms with E-state index in [0.717, 1.165) is 19.6 Å². The molecule has 2 unspecified atom stereocenters. The molecule has 1 aromatic heterocycles. The van der Waals surface area contributed by atoms with Gasteiger partial charge in [-0.3, -0.25) is 4.90 Å². The Hall–Kier alpha value is 0.1000. The summed E-state index contributed by atoms with van der Waals surface area (Å²) < 4.78 is 1.26. The lowest BCUT2D eigenvalue weighted by Gasteiger charge is -2.52. The van der Waals surface area contributed by atoms with Gasteiger partial charge in [-0.2, -0.15) is 0 Å². The van der Waals surface area contributed by atoms with Crippen molar-refractivity contribution in [1.29, 1.82) is 0 Å². The quantitative estimate of drug-likeness (QED) is 0.877. The van der Waals surface area contributed by atoms with Gasteiger partial charge in [0.2, 0.25) is 0 Å². The van der Waals surface area contributed by atoms with Gasteiger partial charge < -0.3 is 5.32 Å². The van der Waals surface area contributed by atoms with Crippen LogP contribution in [-0.2, 0) is 6.54 Å². The fourth-order valence-corrected chi connectivity index (χ4v) is 4.12. The normalized spacial score (nSPS) is 32.7. The van der Waals surface area contributed by atoms with Gasteiger partial charge in [0.15, 0.2) is 0 Å². The van der Waals surface area contributed by atoms with Crippen molar-refractivity contribution in [2.24, 2.45) is 0 Å². The summed E-state index contributed by atoms with van der Waals surface area (Å²) in [5.41, 5.74) is 0.510. The smallest absolute Gasteiger partial charge is 0.0346 e. The van der Waals surface area contributed by atoms with Gasteiger partial charge in [-0.25, -0.2) is 0 Å². The lowest BCUT2D eigenvalue weighted by molar-refractivity contribution is 0.0111. The van der Waals surface area contributed by atoms with Crippen LogP contribution in [0.5, 0.6) is 0 Å². The second-order valence-corrected chi connectivity index (χ2v) is 8.02. The van der Waals surface area contributed by atoms with Gasteiger partial charge in [0.1, 0.15) is 0 Å². The predicted molar refractivity (Wildman–Crippen MR) is 87.8 cm³/mol. The minimum Gasteiger partial charge on any atom is -0.308 e. The molecule has 1 aromatic rings. The topological polar surface area (TPSA) is 15.3 Å². The van der Waals surface area contributed by atoms with Gasteiger partial charge in [-0.1, -0.05) is 13.8 Å². The Labute approximate surface area is 129 Å². The van der Waals surface area contributed by atoms with Gasteiger partial charge in [0.25, 0.3) is 0 Å². The third-order valence-corrected chi connectivity index (χ3v) is 6.68. The van der Waals surface area contributed by atoms with E-state index < -0.39 is 0 Å². The Morgan fingerprint density at radius 2 is 2.11 bits per heavy atom. The average Bonchev–Trinajstić information content (AvgIpc) is 2.80. The minimum absolute atomic E-state index is 0.248. The summed E-state index contributed by atoms with van der Waals surface area (Å²) in [5, 5.41) is 5.93. The molecule has 0 amide bonds. The molecule has 0 bridgehead atoms. The summed E-state index contributed by atoms with van der Waals surface area (Å²) in [5.74, 6) is 0. The molecule has 0 saturated carbocycles. The first-order chi connectivity index (χ1) is 8.92. The second kappa shape index (κ2) is 5.84. The van der Waals surface area contributed by atoms with Crippen LogP contribution in [0.4, 0.5) is 0 Å². The van der Waals surface area contributed by atoms with Crippen LogP contribution < -0.4 is 5.32 Å². The highest BCUT2D eigenvalue weighted by atomic mass is 79.9. The van der Waals surface area contributed by atoms with Crippen molar-refractivity contribution in [3.63, 3.8) is 0 Å². The van der Waals surface area contributed by atoms with E-state index in [9.17, 15) is 0 Å². The minimum atomic E-state index is 0.248. The Kier molecular flexibility index (Phi) is 4.76. The summed E-state index contributed by atoms with van der Waals surface area (Å²) >= 11 is 5.52. The Balaban J connectivity index is 2.19. The standard InChI is InChI=1S/C15H25BrN2S/c1-5-14(3)11-18(15(4,6-2)10-17-14)9-13-12(16)7-8-19-13/h7-8,17H,5-6,9-11H2,1-4H3. The van der Waals surface area contributed by atoms with Gasteiger partial charge in [-0.05, 0) is 54.1 Å². The third-order valence-electron chi connectivity index (χ3n) is 4.77. The van der Waals surface area contributed by atoms with E-state index in [0.29, 0.717) is 0 Å². The summed E-state index contributed by atoms with van der Waals surface area (Å²) in [6.07, 6.45) is 2.36. The molecule has 2 atom stereocenters. The zero-order valence-electron chi connectivity index (χ0n) is 12.4. The summed E-state index contributed by atoms with van der Waals surface area (Å²) in [6.45, 7) is 12.6. The lowest BCUT2D eigenvalue weighted by atomic mass is 9.85. The molecule has 0 spiro atoms. The largest absolute Gasteiger partial charge is 0.308 e. The Morgan fingerprint density at radius 1 is 1.37 bits per heavy atom. The molecule has 2 nitrogen and oxygen atoms in total. The van der Waals surface area contributed by atoms with Crippen molar-refractivity contribution in [2.75, 3.05) is 13.1 Å². The zero-order valence-corrected chi connectivity index (χ0v) is 14.8. The van der Waals surface area contributed by atoms with Gasteiger partial charge in [0, 0.05) is 40.1 Å². The molecule has 19 heavy (non-hydrogen) atoms. The second-order valence-electron chi connectivity index (χ2n) is 6.17. The van der Waals surface area contributed by atoms with E-state index in [1.165, 1.54) is 22.2 Å². The fraction of sp³-hybridized carbons (Fsp3) is 0.733. The first-order valence-corrected chi connectivity index (χ1v) is 8.82. The number of rotatable bonds is 4. The molecule has 0 radical (unpaired) electrons. The van der Waals surface area contributed by atoms with Crippen molar-refractivity contribution in [3.05, 3.63) is 20.8 Å². The third kappa shape index (κ3) is 3.23. The van der Waals surface area contributed by atoms with Crippen LogP contribution >= 0.6 is 27.3 Å². The van der Waals surface area contributed by atoms with E-state index in [1.54, 1.807) is 0 Å². The van der Waals surface area contributed by atoms with Crippen LogP contribution in [0.15, 0.2) is 15.9 Å².